The maximum atomic E-state index is 12.9. The van der Waals surface area contributed by atoms with Gasteiger partial charge in [0.05, 0.1) is 18.8 Å². The van der Waals surface area contributed by atoms with Gasteiger partial charge in [-0.15, -0.1) is 0 Å². The lowest BCUT2D eigenvalue weighted by molar-refractivity contribution is -0.0555. The van der Waals surface area contributed by atoms with Crippen LogP contribution in [0.2, 0.25) is 0 Å². The average Bonchev–Trinajstić information content (AvgIpc) is 2.99. The second-order valence-electron chi connectivity index (χ2n) is 6.64. The molecule has 1 fully saturated rings. The van der Waals surface area contributed by atoms with Gasteiger partial charge in [0.25, 0.3) is 5.56 Å². The van der Waals surface area contributed by atoms with Gasteiger partial charge in [-0.05, 0) is 11.5 Å². The van der Waals surface area contributed by atoms with Gasteiger partial charge in [0.15, 0.2) is 6.23 Å². The van der Waals surface area contributed by atoms with Gasteiger partial charge in [-0.3, -0.25) is 18.9 Å². The molecule has 2 aromatic heterocycles. The van der Waals surface area contributed by atoms with Crippen molar-refractivity contribution in [1.82, 2.24) is 14.1 Å². The summed E-state index contributed by atoms with van der Waals surface area (Å²) >= 11 is 0. The second-order valence-corrected chi connectivity index (χ2v) is 6.64. The number of hydrogen-bond acceptors (Lipinski definition) is 7. The number of rotatable bonds is 4. The fourth-order valence-electron chi connectivity index (χ4n) is 3.44. The van der Waals surface area contributed by atoms with Gasteiger partial charge in [-0.1, -0.05) is 24.3 Å². The van der Waals surface area contributed by atoms with Crippen molar-refractivity contribution in [3.05, 3.63) is 75.3 Å². The molecule has 1 aliphatic heterocycles. The van der Waals surface area contributed by atoms with Crippen LogP contribution in [0.1, 0.15) is 11.9 Å². The van der Waals surface area contributed by atoms with Crippen molar-refractivity contribution in [1.29, 1.82) is 0 Å². The first-order chi connectivity index (χ1) is 13.5. The zero-order chi connectivity index (χ0) is 19.8. The van der Waals surface area contributed by atoms with Gasteiger partial charge in [0.2, 0.25) is 0 Å². The van der Waals surface area contributed by atoms with Crippen molar-refractivity contribution in [3.63, 3.8) is 0 Å². The summed E-state index contributed by atoms with van der Waals surface area (Å²) in [6, 6.07) is 10.5. The van der Waals surface area contributed by atoms with E-state index in [1.54, 1.807) is 6.20 Å². The maximum absolute atomic E-state index is 12.9. The zero-order valence-electron chi connectivity index (χ0n) is 14.8. The van der Waals surface area contributed by atoms with E-state index in [-0.39, 0.29) is 6.54 Å². The number of aliphatic hydroxyl groups is 3. The third kappa shape index (κ3) is 3.04. The van der Waals surface area contributed by atoms with E-state index >= 15 is 0 Å². The molecule has 3 N–H and O–H groups in total. The highest BCUT2D eigenvalue weighted by molar-refractivity contribution is 5.84. The monoisotopic (exact) mass is 385 g/mol. The summed E-state index contributed by atoms with van der Waals surface area (Å²) in [5, 5.41) is 31.1. The third-order valence-electron chi connectivity index (χ3n) is 4.95. The quantitative estimate of drug-likeness (QED) is 0.538. The van der Waals surface area contributed by atoms with E-state index in [2.05, 4.69) is 4.98 Å². The number of pyridine rings is 1. The summed E-state index contributed by atoms with van der Waals surface area (Å²) in [6.07, 6.45) is -2.19. The first kappa shape index (κ1) is 18.5. The molecule has 1 aliphatic rings. The average molecular weight is 385 g/mol. The van der Waals surface area contributed by atoms with Crippen LogP contribution in [0.25, 0.3) is 10.8 Å². The fraction of sp³-hybridized carbons (Fsp3) is 0.316. The molecule has 3 aromatic rings. The van der Waals surface area contributed by atoms with Crippen LogP contribution in [0, 0.1) is 0 Å². The molecule has 0 radical (unpaired) electrons. The molecule has 0 bridgehead atoms. The standard InChI is InChI=1S/C19H19N3O6/c23-10-14-16(25)17(26)18(28-14)21-8-6-15(24)22(19(21)27)9-13-12-4-2-1-3-11(12)5-7-20-13/h1-8,14,16-18,23,25-26H,9-10H2/t14-,16?,17+,18-/m1/s1. The molecule has 9 heteroatoms. The van der Waals surface area contributed by atoms with Crippen molar-refractivity contribution in [3.8, 4) is 0 Å². The summed E-state index contributed by atoms with van der Waals surface area (Å²) < 4.78 is 7.43. The highest BCUT2D eigenvalue weighted by atomic mass is 16.6. The van der Waals surface area contributed by atoms with Crippen LogP contribution in [-0.4, -0.2) is 54.4 Å². The van der Waals surface area contributed by atoms with Crippen LogP contribution in [0.4, 0.5) is 0 Å². The van der Waals surface area contributed by atoms with Crippen LogP contribution < -0.4 is 11.2 Å². The Morgan fingerprint density at radius 3 is 2.61 bits per heavy atom. The lowest BCUT2D eigenvalue weighted by Gasteiger charge is -2.18. The molecule has 0 saturated carbocycles. The summed E-state index contributed by atoms with van der Waals surface area (Å²) in [4.78, 5) is 29.6. The van der Waals surface area contributed by atoms with Gasteiger partial charge < -0.3 is 20.1 Å². The number of nitrogens with zero attached hydrogens (tertiary/aromatic N) is 3. The number of aromatic nitrogens is 3. The minimum atomic E-state index is -1.42. The Kier molecular flexibility index (Phi) is 4.82. The van der Waals surface area contributed by atoms with Crippen LogP contribution in [-0.2, 0) is 11.3 Å². The summed E-state index contributed by atoms with van der Waals surface area (Å²) in [5.41, 5.74) is -0.684. The minimum Gasteiger partial charge on any atom is -0.394 e. The highest BCUT2D eigenvalue weighted by Crippen LogP contribution is 2.27. The van der Waals surface area contributed by atoms with Gasteiger partial charge >= 0.3 is 5.69 Å². The molecule has 0 spiro atoms. The van der Waals surface area contributed by atoms with E-state index in [1.165, 1.54) is 12.3 Å². The predicted octanol–water partition coefficient (Wildman–Crippen LogP) is -0.782. The van der Waals surface area contributed by atoms with E-state index in [9.17, 15) is 24.9 Å². The van der Waals surface area contributed by atoms with Crippen molar-refractivity contribution < 1.29 is 20.1 Å². The smallest absolute Gasteiger partial charge is 0.333 e. The third-order valence-corrected chi connectivity index (χ3v) is 4.95. The number of hydrogen-bond donors (Lipinski definition) is 3. The van der Waals surface area contributed by atoms with Gasteiger partial charge in [-0.2, -0.15) is 0 Å². The Labute approximate surface area is 158 Å². The number of benzene rings is 1. The Morgan fingerprint density at radius 1 is 1.07 bits per heavy atom. The summed E-state index contributed by atoms with van der Waals surface area (Å²) in [7, 11) is 0. The number of fused-ring (bicyclic) bond motifs is 1. The first-order valence-electron chi connectivity index (χ1n) is 8.78. The van der Waals surface area contributed by atoms with Crippen molar-refractivity contribution in [2.45, 2.75) is 31.1 Å². The Morgan fingerprint density at radius 2 is 1.86 bits per heavy atom. The maximum Gasteiger partial charge on any atom is 0.333 e. The molecule has 1 aromatic carbocycles. The Hall–Kier alpha value is -2.85. The molecule has 9 nitrogen and oxygen atoms in total. The van der Waals surface area contributed by atoms with Crippen molar-refractivity contribution in [2.24, 2.45) is 0 Å². The molecule has 1 saturated heterocycles. The first-order valence-corrected chi connectivity index (χ1v) is 8.78. The fourth-order valence-corrected chi connectivity index (χ4v) is 3.44. The van der Waals surface area contributed by atoms with E-state index in [0.29, 0.717) is 5.69 Å². The Balaban J connectivity index is 1.76. The molecule has 28 heavy (non-hydrogen) atoms. The molecular formula is C19H19N3O6. The lowest BCUT2D eigenvalue weighted by atomic mass is 10.1. The van der Waals surface area contributed by atoms with Gasteiger partial charge in [-0.25, -0.2) is 4.79 Å². The van der Waals surface area contributed by atoms with Gasteiger partial charge in [0.1, 0.15) is 18.3 Å². The minimum absolute atomic E-state index is 0.0609. The van der Waals surface area contributed by atoms with E-state index in [0.717, 1.165) is 19.9 Å². The van der Waals surface area contributed by atoms with E-state index in [1.807, 2.05) is 30.3 Å². The zero-order valence-corrected chi connectivity index (χ0v) is 14.8. The predicted molar refractivity (Wildman–Crippen MR) is 98.8 cm³/mol. The number of aliphatic hydroxyl groups excluding tert-OH is 3. The van der Waals surface area contributed by atoms with Gasteiger partial charge in [0, 0.05) is 23.8 Å². The molecule has 3 heterocycles. The molecule has 4 atom stereocenters. The van der Waals surface area contributed by atoms with E-state index < -0.39 is 42.4 Å². The van der Waals surface area contributed by atoms with Crippen LogP contribution in [0.3, 0.4) is 0 Å². The Bertz CT molecular complexity index is 1120. The normalized spacial score (nSPS) is 24.7. The SMILES string of the molecule is O=c1ccn([C@@H]2O[C@H](CO)C(O)[C@@H]2O)c(=O)n1Cc1nccc2ccccc12. The molecule has 0 aliphatic carbocycles. The summed E-state index contributed by atoms with van der Waals surface area (Å²) in [6.45, 7) is -0.572. The second kappa shape index (κ2) is 7.28. The largest absolute Gasteiger partial charge is 0.394 e. The van der Waals surface area contributed by atoms with E-state index in [4.69, 9.17) is 4.74 Å². The topological polar surface area (TPSA) is 127 Å². The molecule has 1 unspecified atom stereocenters. The molecular weight excluding hydrogens is 366 g/mol. The lowest BCUT2D eigenvalue weighted by Crippen LogP contribution is -2.43. The number of ether oxygens (including phenoxy) is 1. The van der Waals surface area contributed by atoms with Crippen LogP contribution in [0.5, 0.6) is 0 Å². The van der Waals surface area contributed by atoms with Crippen molar-refractivity contribution >= 4 is 10.8 Å². The van der Waals surface area contributed by atoms with Crippen LogP contribution in [0.15, 0.2) is 58.4 Å². The molecule has 4 rings (SSSR count). The highest BCUT2D eigenvalue weighted by Gasteiger charge is 2.43. The summed E-state index contributed by atoms with van der Waals surface area (Å²) in [5.74, 6) is 0. The van der Waals surface area contributed by atoms with Crippen molar-refractivity contribution in [2.75, 3.05) is 6.61 Å². The molecule has 146 valence electrons. The molecule has 0 amide bonds. The van der Waals surface area contributed by atoms with Crippen LogP contribution >= 0.6 is 0 Å².